The lowest BCUT2D eigenvalue weighted by molar-refractivity contribution is -0.126. The molecule has 0 aromatic heterocycles. The lowest BCUT2D eigenvalue weighted by Crippen LogP contribution is -2.37. The maximum atomic E-state index is 13.1. The van der Waals surface area contributed by atoms with E-state index in [9.17, 15) is 9.59 Å². The Labute approximate surface area is 268 Å². The largest absolute Gasteiger partial charge is 0.494 e. The van der Waals surface area contributed by atoms with E-state index in [2.05, 4.69) is 20.9 Å². The van der Waals surface area contributed by atoms with Gasteiger partial charge in [-0.15, -0.1) is 0 Å². The summed E-state index contributed by atoms with van der Waals surface area (Å²) >= 11 is 0. The first kappa shape index (κ1) is 33.1. The van der Waals surface area contributed by atoms with Gasteiger partial charge in [0.05, 0.1) is 36.3 Å². The van der Waals surface area contributed by atoms with Crippen LogP contribution < -0.4 is 37.9 Å². The number of aliphatic imine (C=N–C) groups is 1. The molecule has 2 aliphatic carbocycles. The molecule has 2 saturated carbocycles. The number of nitrogens with two attached hydrogens (primary N) is 3. The number of benzene rings is 1. The number of dihydropyridines is 1. The van der Waals surface area contributed by atoms with E-state index in [1.165, 1.54) is 17.1 Å². The van der Waals surface area contributed by atoms with Crippen molar-refractivity contribution < 1.29 is 14.3 Å². The molecule has 0 spiro atoms. The molecule has 0 atom stereocenters. The van der Waals surface area contributed by atoms with Gasteiger partial charge in [0, 0.05) is 50.1 Å². The molecule has 10 N–H and O–H groups in total. The molecule has 2 amide bonds. The van der Waals surface area contributed by atoms with Crippen molar-refractivity contribution in [2.75, 3.05) is 39.6 Å². The zero-order chi connectivity index (χ0) is 33.4. The minimum absolute atomic E-state index is 0.0145. The molecule has 4 rings (SSSR count). The maximum absolute atomic E-state index is 13.1. The molecule has 0 unspecified atom stereocenters. The number of nitrogens with zero attached hydrogens (tertiary/aromatic N) is 3. The van der Waals surface area contributed by atoms with Gasteiger partial charge in [-0.25, -0.2) is 0 Å². The molecule has 240 valence electrons. The topological polar surface area (TPSA) is 221 Å². The van der Waals surface area contributed by atoms with E-state index in [4.69, 9.17) is 32.6 Å². The van der Waals surface area contributed by atoms with Crippen LogP contribution in [0.1, 0.15) is 31.2 Å². The van der Waals surface area contributed by atoms with Crippen LogP contribution in [0.25, 0.3) is 5.57 Å². The highest BCUT2D eigenvalue weighted by Crippen LogP contribution is 2.36. The molecule has 1 aromatic carbocycles. The average Bonchev–Trinajstić information content (AvgIpc) is 3.97. The minimum atomic E-state index is -0.276. The van der Waals surface area contributed by atoms with Gasteiger partial charge in [-0.05, 0) is 55.0 Å². The van der Waals surface area contributed by atoms with Gasteiger partial charge in [-0.1, -0.05) is 18.2 Å². The molecule has 13 nitrogen and oxygen atoms in total. The number of methoxy groups -OCH3 is 1. The van der Waals surface area contributed by atoms with Crippen LogP contribution in [0.5, 0.6) is 5.75 Å². The highest BCUT2D eigenvalue weighted by molar-refractivity contribution is 6.16. The van der Waals surface area contributed by atoms with Gasteiger partial charge in [-0.3, -0.25) is 15.0 Å². The number of amides is 2. The molecule has 2 fully saturated rings. The summed E-state index contributed by atoms with van der Waals surface area (Å²) in [5, 5.41) is 27.6. The van der Waals surface area contributed by atoms with Crippen LogP contribution >= 0.6 is 0 Å². The van der Waals surface area contributed by atoms with Crippen molar-refractivity contribution in [2.45, 2.75) is 25.7 Å². The van der Waals surface area contributed by atoms with Crippen molar-refractivity contribution in [2.24, 2.45) is 28.1 Å². The smallest absolute Gasteiger partial charge is 0.270 e. The Balaban J connectivity index is 1.59. The molecule has 46 heavy (non-hydrogen) atoms. The number of rotatable bonds is 13. The standard InChI is InChI=1S/C33H40N10O3/c1-39-30(20-7-8-20)29(38)27(14-28(37)42-32(44)21-9-10-21)41-25-6-4-5-24(31(25)46-3)22-11-12-26(40-17-22)33(45)43(2)18-23(36)13-19(15-34)16-35/h4-6,11-15,21,38-41H,7-10,17-18,34,36H2,1-3H3,(H2,37,42,44)/b19-15+,23-13-,27-14+,38-29?. The SMILES string of the molecule is CNC(C(=N)/C(=C\C(N)=NC(=O)C1CC1)Nc1cccc(C2=CC=C(C(=O)N(C)C/C(N)=C/C(C#N)=C\N)NC2)c1OC)=C1CC1. The van der Waals surface area contributed by atoms with E-state index < -0.39 is 0 Å². The quantitative estimate of drug-likeness (QED) is 0.0733. The van der Waals surface area contributed by atoms with Gasteiger partial charge in [0.15, 0.2) is 0 Å². The van der Waals surface area contributed by atoms with Crippen molar-refractivity contribution in [3.63, 3.8) is 0 Å². The summed E-state index contributed by atoms with van der Waals surface area (Å²) in [4.78, 5) is 30.8. The predicted molar refractivity (Wildman–Crippen MR) is 179 cm³/mol. The molecule has 0 saturated heterocycles. The fraction of sp³-hybridized carbons (Fsp3) is 0.303. The number of hydrogen-bond donors (Lipinski definition) is 7. The van der Waals surface area contributed by atoms with Gasteiger partial charge >= 0.3 is 0 Å². The maximum Gasteiger partial charge on any atom is 0.270 e. The summed E-state index contributed by atoms with van der Waals surface area (Å²) in [6.45, 7) is 0.443. The summed E-state index contributed by atoms with van der Waals surface area (Å²) in [6.07, 6.45) is 11.0. The number of allylic oxidation sites excluding steroid dienone is 5. The molecule has 1 aromatic rings. The Bertz CT molecular complexity index is 1680. The highest BCUT2D eigenvalue weighted by atomic mass is 16.5. The van der Waals surface area contributed by atoms with Crippen LogP contribution in [0, 0.1) is 22.7 Å². The van der Waals surface area contributed by atoms with Crippen LogP contribution in [0.3, 0.4) is 0 Å². The average molecular weight is 625 g/mol. The zero-order valence-corrected chi connectivity index (χ0v) is 26.2. The van der Waals surface area contributed by atoms with Crippen molar-refractivity contribution in [1.29, 1.82) is 10.7 Å². The van der Waals surface area contributed by atoms with Gasteiger partial charge in [0.2, 0.25) is 0 Å². The third-order valence-electron chi connectivity index (χ3n) is 7.48. The fourth-order valence-corrected chi connectivity index (χ4v) is 4.82. The summed E-state index contributed by atoms with van der Waals surface area (Å²) in [7, 11) is 4.94. The normalized spacial score (nSPS) is 16.7. The number of anilines is 1. The first-order valence-electron chi connectivity index (χ1n) is 14.8. The molecule has 0 radical (unpaired) electrons. The van der Waals surface area contributed by atoms with Gasteiger partial charge in [0.25, 0.3) is 11.8 Å². The number of ether oxygens (including phenoxy) is 1. The fourth-order valence-electron chi connectivity index (χ4n) is 4.82. The van der Waals surface area contributed by atoms with E-state index in [-0.39, 0.29) is 41.4 Å². The molecular formula is C33H40N10O3. The molecule has 3 aliphatic rings. The lowest BCUT2D eigenvalue weighted by atomic mass is 10.00. The number of para-hydroxylation sites is 1. The molecule has 0 bridgehead atoms. The van der Waals surface area contributed by atoms with Crippen LogP contribution in [-0.2, 0) is 9.59 Å². The number of carbonyl (C=O) groups excluding carboxylic acids is 2. The Morgan fingerprint density at radius 2 is 1.98 bits per heavy atom. The lowest BCUT2D eigenvalue weighted by Gasteiger charge is -2.24. The number of likely N-dealkylation sites (N-methyl/N-ethyl adjacent to an activating group) is 1. The van der Waals surface area contributed by atoms with E-state index in [0.29, 0.717) is 40.8 Å². The number of nitriles is 1. The summed E-state index contributed by atoms with van der Waals surface area (Å²) in [6, 6.07) is 7.50. The van der Waals surface area contributed by atoms with Crippen molar-refractivity contribution in [1.82, 2.24) is 15.5 Å². The Hall–Kier alpha value is -5.77. The van der Waals surface area contributed by atoms with E-state index in [0.717, 1.165) is 48.6 Å². The van der Waals surface area contributed by atoms with Crippen LogP contribution in [-0.4, -0.2) is 62.6 Å². The van der Waals surface area contributed by atoms with Gasteiger partial charge < -0.3 is 42.8 Å². The Morgan fingerprint density at radius 1 is 1.24 bits per heavy atom. The predicted octanol–water partition coefficient (Wildman–Crippen LogP) is 2.11. The van der Waals surface area contributed by atoms with E-state index in [1.54, 1.807) is 27.3 Å². The molecular weight excluding hydrogens is 584 g/mol. The van der Waals surface area contributed by atoms with Crippen molar-refractivity contribution in [3.8, 4) is 11.8 Å². The van der Waals surface area contributed by atoms with E-state index >= 15 is 0 Å². The third kappa shape index (κ3) is 8.23. The van der Waals surface area contributed by atoms with Crippen molar-refractivity contribution >= 4 is 34.6 Å². The van der Waals surface area contributed by atoms with Crippen LogP contribution in [0.4, 0.5) is 5.69 Å². The second kappa shape index (κ2) is 14.8. The summed E-state index contributed by atoms with van der Waals surface area (Å²) < 4.78 is 5.85. The Kier molecular flexibility index (Phi) is 10.7. The van der Waals surface area contributed by atoms with E-state index in [1.807, 2.05) is 30.3 Å². The molecule has 1 heterocycles. The summed E-state index contributed by atoms with van der Waals surface area (Å²) in [5.41, 5.74) is 23.0. The zero-order valence-electron chi connectivity index (χ0n) is 26.2. The summed E-state index contributed by atoms with van der Waals surface area (Å²) in [5.74, 6) is -0.0691. The second-order valence-corrected chi connectivity index (χ2v) is 11.1. The first-order valence-corrected chi connectivity index (χ1v) is 14.8. The number of amidine groups is 1. The second-order valence-electron chi connectivity index (χ2n) is 11.1. The number of hydrogen-bond acceptors (Lipinski definition) is 10. The van der Waals surface area contributed by atoms with Crippen LogP contribution in [0.15, 0.2) is 87.6 Å². The van der Waals surface area contributed by atoms with Crippen LogP contribution in [0.2, 0.25) is 0 Å². The number of carbonyl (C=O) groups is 2. The molecule has 13 heteroatoms. The monoisotopic (exact) mass is 624 g/mol. The molecule has 1 aliphatic heterocycles. The third-order valence-corrected chi connectivity index (χ3v) is 7.48. The highest BCUT2D eigenvalue weighted by Gasteiger charge is 2.30. The van der Waals surface area contributed by atoms with Crippen molar-refractivity contribution in [3.05, 3.63) is 88.2 Å². The van der Waals surface area contributed by atoms with Gasteiger partial charge in [-0.2, -0.15) is 10.3 Å². The van der Waals surface area contributed by atoms with Gasteiger partial charge in [0.1, 0.15) is 29.1 Å². The minimum Gasteiger partial charge on any atom is -0.494 e. The number of nitrogens with one attached hydrogen (secondary N) is 4. The Morgan fingerprint density at radius 3 is 2.54 bits per heavy atom. The first-order chi connectivity index (χ1) is 22.1.